The number of hydrogen-bond donors (Lipinski definition) is 0. The average Bonchev–Trinajstić information content (AvgIpc) is 2.37. The molecule has 0 radical (unpaired) electrons. The van der Waals surface area contributed by atoms with Crippen molar-refractivity contribution in [3.05, 3.63) is 35.4 Å². The number of Topliss-reactive ketones (excluding diaryl/α,β-unsaturated/α-hetero) is 1. The van der Waals surface area contributed by atoms with Crippen molar-refractivity contribution < 1.29 is 18.3 Å². The quantitative estimate of drug-likeness (QED) is 0.772. The van der Waals surface area contributed by atoms with E-state index < -0.39 is 17.7 Å². The number of likely N-dealkylation sites (N-methyl/N-ethyl adjacent to an activating group) is 1. The van der Waals surface area contributed by atoms with Crippen molar-refractivity contribution in [3.8, 4) is 0 Å². The van der Waals surface area contributed by atoms with Crippen LogP contribution >= 0.6 is 0 Å². The van der Waals surface area contributed by atoms with Crippen molar-refractivity contribution in [1.29, 1.82) is 0 Å². The van der Waals surface area contributed by atoms with Crippen LogP contribution < -0.4 is 0 Å². The van der Waals surface area contributed by atoms with Gasteiger partial charge < -0.3 is 4.74 Å². The van der Waals surface area contributed by atoms with Gasteiger partial charge >= 0.3 is 0 Å². The number of rotatable bonds is 3. The smallest absolute Gasteiger partial charge is 0.193 e. The molecule has 3 nitrogen and oxygen atoms in total. The van der Waals surface area contributed by atoms with Gasteiger partial charge in [0.1, 0.15) is 17.7 Å². The van der Waals surface area contributed by atoms with E-state index in [0.29, 0.717) is 13.2 Å². The minimum atomic E-state index is -0.749. The summed E-state index contributed by atoms with van der Waals surface area (Å²) in [5.74, 6) is -1.87. The Kier molecular flexibility index (Phi) is 4.04. The lowest BCUT2D eigenvalue weighted by molar-refractivity contribution is -0.0149. The van der Waals surface area contributed by atoms with Gasteiger partial charge in [0.05, 0.1) is 6.61 Å². The number of halogens is 2. The van der Waals surface area contributed by atoms with E-state index in [1.54, 1.807) is 0 Å². The first kappa shape index (κ1) is 13.1. The van der Waals surface area contributed by atoms with Crippen LogP contribution in [0.5, 0.6) is 0 Å². The summed E-state index contributed by atoms with van der Waals surface area (Å²) in [6.07, 6.45) is -0.639. The zero-order chi connectivity index (χ0) is 13.1. The van der Waals surface area contributed by atoms with Crippen LogP contribution in [-0.4, -0.2) is 43.0 Å². The molecule has 2 rings (SSSR count). The van der Waals surface area contributed by atoms with Gasteiger partial charge in [-0.05, 0) is 18.7 Å². The third-order valence-electron chi connectivity index (χ3n) is 3.04. The highest BCUT2D eigenvalue weighted by Gasteiger charge is 2.27. The van der Waals surface area contributed by atoms with Gasteiger partial charge in [0.2, 0.25) is 0 Å². The molecule has 98 valence electrons. The zero-order valence-electron chi connectivity index (χ0n) is 10.2. The van der Waals surface area contributed by atoms with Gasteiger partial charge in [-0.3, -0.25) is 9.69 Å². The number of ether oxygens (including phenoxy) is 1. The van der Waals surface area contributed by atoms with Crippen molar-refractivity contribution in [3.63, 3.8) is 0 Å². The zero-order valence-corrected chi connectivity index (χ0v) is 10.2. The Labute approximate surface area is 104 Å². The van der Waals surface area contributed by atoms with Gasteiger partial charge in [0.25, 0.3) is 0 Å². The molecule has 0 amide bonds. The summed E-state index contributed by atoms with van der Waals surface area (Å²) in [7, 11) is 0. The second kappa shape index (κ2) is 5.54. The van der Waals surface area contributed by atoms with Crippen molar-refractivity contribution in [2.75, 3.05) is 26.2 Å². The highest BCUT2D eigenvalue weighted by molar-refractivity contribution is 5.99. The Balaban J connectivity index is 2.15. The second-order valence-electron chi connectivity index (χ2n) is 4.28. The summed E-state index contributed by atoms with van der Waals surface area (Å²) in [5, 5.41) is 0. The van der Waals surface area contributed by atoms with Crippen LogP contribution in [0.1, 0.15) is 17.3 Å². The Morgan fingerprint density at radius 1 is 1.39 bits per heavy atom. The molecule has 0 aliphatic carbocycles. The molecule has 0 bridgehead atoms. The van der Waals surface area contributed by atoms with Gasteiger partial charge in [0, 0.05) is 24.7 Å². The van der Waals surface area contributed by atoms with Gasteiger partial charge in [-0.25, -0.2) is 8.78 Å². The molecule has 1 unspecified atom stereocenters. The van der Waals surface area contributed by atoms with Crippen molar-refractivity contribution in [2.45, 2.75) is 13.0 Å². The van der Waals surface area contributed by atoms with Crippen molar-refractivity contribution in [1.82, 2.24) is 4.90 Å². The minimum absolute atomic E-state index is 0.0236. The Bertz CT molecular complexity index is 430. The normalized spacial score (nSPS) is 20.9. The van der Waals surface area contributed by atoms with Crippen LogP contribution in [0, 0.1) is 11.6 Å². The molecular weight excluding hydrogens is 240 g/mol. The molecule has 1 aliphatic heterocycles. The number of ketones is 1. The third kappa shape index (κ3) is 2.91. The van der Waals surface area contributed by atoms with E-state index in [1.807, 2.05) is 6.92 Å². The number of nitrogens with zero attached hydrogens (tertiary/aromatic N) is 1. The Morgan fingerprint density at radius 2 is 2.06 bits per heavy atom. The maximum absolute atomic E-state index is 13.1. The molecule has 0 N–H and O–H groups in total. The SMILES string of the molecule is CCN1CCOC(C(=O)c2cc(F)cc(F)c2)C1. The molecule has 1 aliphatic rings. The Morgan fingerprint density at radius 3 is 2.67 bits per heavy atom. The van der Waals surface area contributed by atoms with E-state index in [4.69, 9.17) is 4.74 Å². The van der Waals surface area contributed by atoms with E-state index in [0.717, 1.165) is 31.3 Å². The van der Waals surface area contributed by atoms with Crippen molar-refractivity contribution >= 4 is 5.78 Å². The molecule has 0 spiro atoms. The van der Waals surface area contributed by atoms with E-state index in [1.165, 1.54) is 0 Å². The molecule has 5 heteroatoms. The van der Waals surface area contributed by atoms with E-state index in [2.05, 4.69) is 4.90 Å². The standard InChI is InChI=1S/C13H15F2NO2/c1-2-16-3-4-18-12(8-16)13(17)9-5-10(14)7-11(15)6-9/h5-7,12H,2-4,8H2,1H3. The van der Waals surface area contributed by atoms with Gasteiger partial charge in [0.15, 0.2) is 5.78 Å². The molecule has 1 aromatic carbocycles. The molecule has 1 fully saturated rings. The maximum atomic E-state index is 13.1. The lowest BCUT2D eigenvalue weighted by Crippen LogP contribution is -2.45. The summed E-state index contributed by atoms with van der Waals surface area (Å²) in [6.45, 7) is 4.52. The van der Waals surface area contributed by atoms with Crippen LogP contribution in [0.4, 0.5) is 8.78 Å². The first-order chi connectivity index (χ1) is 8.60. The van der Waals surface area contributed by atoms with Crippen LogP contribution in [-0.2, 0) is 4.74 Å². The van der Waals surface area contributed by atoms with Crippen molar-refractivity contribution in [2.24, 2.45) is 0 Å². The fraction of sp³-hybridized carbons (Fsp3) is 0.462. The average molecular weight is 255 g/mol. The second-order valence-corrected chi connectivity index (χ2v) is 4.28. The molecule has 18 heavy (non-hydrogen) atoms. The number of hydrogen-bond acceptors (Lipinski definition) is 3. The minimum Gasteiger partial charge on any atom is -0.367 e. The first-order valence-electron chi connectivity index (χ1n) is 5.94. The number of morpholine rings is 1. The van der Waals surface area contributed by atoms with Crippen LogP contribution in [0.2, 0.25) is 0 Å². The molecule has 0 saturated carbocycles. The van der Waals surface area contributed by atoms with E-state index >= 15 is 0 Å². The number of carbonyl (C=O) groups is 1. The van der Waals surface area contributed by atoms with Crippen LogP contribution in [0.3, 0.4) is 0 Å². The summed E-state index contributed by atoms with van der Waals surface area (Å²) in [5.41, 5.74) is 0.0236. The van der Waals surface area contributed by atoms with Gasteiger partial charge in [-0.15, -0.1) is 0 Å². The number of benzene rings is 1. The molecule has 1 heterocycles. The highest BCUT2D eigenvalue weighted by atomic mass is 19.1. The predicted molar refractivity (Wildman–Crippen MR) is 62.5 cm³/mol. The molecule has 1 saturated heterocycles. The summed E-state index contributed by atoms with van der Waals surface area (Å²) < 4.78 is 31.5. The molecule has 1 aromatic rings. The lowest BCUT2D eigenvalue weighted by Gasteiger charge is -2.31. The van der Waals surface area contributed by atoms with Crippen LogP contribution in [0.25, 0.3) is 0 Å². The van der Waals surface area contributed by atoms with E-state index in [-0.39, 0.29) is 11.3 Å². The first-order valence-corrected chi connectivity index (χ1v) is 5.94. The topological polar surface area (TPSA) is 29.5 Å². The highest BCUT2D eigenvalue weighted by Crippen LogP contribution is 2.14. The van der Waals surface area contributed by atoms with Crippen LogP contribution in [0.15, 0.2) is 18.2 Å². The van der Waals surface area contributed by atoms with Gasteiger partial charge in [-0.1, -0.05) is 6.92 Å². The lowest BCUT2D eigenvalue weighted by atomic mass is 10.0. The predicted octanol–water partition coefficient (Wildman–Crippen LogP) is 1.87. The molecular formula is C13H15F2NO2. The third-order valence-corrected chi connectivity index (χ3v) is 3.04. The summed E-state index contributed by atoms with van der Waals surface area (Å²) >= 11 is 0. The maximum Gasteiger partial charge on any atom is 0.193 e. The van der Waals surface area contributed by atoms with E-state index in [9.17, 15) is 13.6 Å². The Hall–Kier alpha value is -1.33. The monoisotopic (exact) mass is 255 g/mol. The molecule has 1 atom stereocenters. The van der Waals surface area contributed by atoms with Gasteiger partial charge in [-0.2, -0.15) is 0 Å². The fourth-order valence-corrected chi connectivity index (χ4v) is 2.03. The fourth-order valence-electron chi connectivity index (χ4n) is 2.03. The largest absolute Gasteiger partial charge is 0.367 e. The summed E-state index contributed by atoms with van der Waals surface area (Å²) in [4.78, 5) is 14.2. The number of carbonyl (C=O) groups excluding carboxylic acids is 1. The molecule has 0 aromatic heterocycles. The summed E-state index contributed by atoms with van der Waals surface area (Å²) in [6, 6.07) is 2.83.